The van der Waals surface area contributed by atoms with Crippen molar-refractivity contribution in [1.82, 2.24) is 20.1 Å². The molecule has 0 fully saturated rings. The minimum Gasteiger partial charge on any atom is -0.333 e. The third-order valence-corrected chi connectivity index (χ3v) is 3.07. The van der Waals surface area contributed by atoms with E-state index in [0.29, 0.717) is 24.1 Å². The molecule has 0 saturated heterocycles. The first-order valence-corrected chi connectivity index (χ1v) is 6.69. The number of benzene rings is 1. The second-order valence-corrected chi connectivity index (χ2v) is 4.70. The van der Waals surface area contributed by atoms with E-state index in [-0.39, 0.29) is 0 Å². The Morgan fingerprint density at radius 3 is 2.62 bits per heavy atom. The second kappa shape index (κ2) is 5.80. The van der Waals surface area contributed by atoms with Crippen LogP contribution in [-0.4, -0.2) is 26.7 Å². The highest BCUT2D eigenvalue weighted by Gasteiger charge is 2.14. The Bertz CT molecular complexity index is 736. The number of nitrogens with two attached hydrogens (primary N) is 1. The van der Waals surface area contributed by atoms with Gasteiger partial charge in [-0.3, -0.25) is 0 Å². The van der Waals surface area contributed by atoms with Gasteiger partial charge in [-0.1, -0.05) is 23.4 Å². The normalized spacial score (nSPS) is 10.8. The molecule has 0 aliphatic rings. The molecule has 0 aliphatic heterocycles. The first-order valence-electron chi connectivity index (χ1n) is 6.69. The summed E-state index contributed by atoms with van der Waals surface area (Å²) < 4.78 is 5.34. The highest BCUT2D eigenvalue weighted by Crippen LogP contribution is 2.24. The molecule has 0 saturated carbocycles. The third-order valence-electron chi connectivity index (χ3n) is 3.07. The van der Waals surface area contributed by atoms with Crippen LogP contribution in [0.1, 0.15) is 11.1 Å². The SMILES string of the molecule is Cc1cnc(-c2noc(-c3ccccc3CCN)n2)nc1. The lowest BCUT2D eigenvalue weighted by molar-refractivity contribution is 0.431. The van der Waals surface area contributed by atoms with Crippen molar-refractivity contribution in [3.8, 4) is 23.1 Å². The average molecular weight is 281 g/mol. The molecule has 3 rings (SSSR count). The Labute approximate surface area is 122 Å². The van der Waals surface area contributed by atoms with Crippen LogP contribution in [0.15, 0.2) is 41.2 Å². The predicted octanol–water partition coefficient (Wildman–Crippen LogP) is 2.00. The van der Waals surface area contributed by atoms with Gasteiger partial charge in [0, 0.05) is 18.0 Å². The Hall–Kier alpha value is -2.60. The monoisotopic (exact) mass is 281 g/mol. The molecule has 0 spiro atoms. The molecule has 0 amide bonds. The van der Waals surface area contributed by atoms with E-state index < -0.39 is 0 Å². The molecule has 0 bridgehead atoms. The zero-order chi connectivity index (χ0) is 14.7. The zero-order valence-electron chi connectivity index (χ0n) is 11.7. The fourth-order valence-electron chi connectivity index (χ4n) is 2.03. The molecular weight excluding hydrogens is 266 g/mol. The van der Waals surface area contributed by atoms with Crippen molar-refractivity contribution in [3.63, 3.8) is 0 Å². The molecule has 2 heterocycles. The van der Waals surface area contributed by atoms with Gasteiger partial charge < -0.3 is 10.3 Å². The maximum atomic E-state index is 5.63. The molecule has 106 valence electrons. The maximum Gasteiger partial charge on any atom is 0.258 e. The Kier molecular flexibility index (Phi) is 3.70. The number of hydrogen-bond donors (Lipinski definition) is 1. The van der Waals surface area contributed by atoms with Crippen molar-refractivity contribution in [2.24, 2.45) is 5.73 Å². The summed E-state index contributed by atoms with van der Waals surface area (Å²) in [4.78, 5) is 12.8. The number of hydrogen-bond acceptors (Lipinski definition) is 6. The van der Waals surface area contributed by atoms with Crippen molar-refractivity contribution in [2.75, 3.05) is 6.54 Å². The van der Waals surface area contributed by atoms with Crippen LogP contribution in [0.25, 0.3) is 23.1 Å². The number of nitrogens with zero attached hydrogens (tertiary/aromatic N) is 4. The van der Waals surface area contributed by atoms with E-state index in [0.717, 1.165) is 23.1 Å². The minimum atomic E-state index is 0.382. The van der Waals surface area contributed by atoms with Gasteiger partial charge in [-0.2, -0.15) is 4.98 Å². The first-order chi connectivity index (χ1) is 10.3. The molecule has 2 aromatic heterocycles. The van der Waals surface area contributed by atoms with Crippen LogP contribution >= 0.6 is 0 Å². The van der Waals surface area contributed by atoms with E-state index in [4.69, 9.17) is 10.3 Å². The van der Waals surface area contributed by atoms with Crippen LogP contribution in [0.2, 0.25) is 0 Å². The van der Waals surface area contributed by atoms with Gasteiger partial charge in [0.1, 0.15) is 0 Å². The fraction of sp³-hybridized carbons (Fsp3) is 0.200. The van der Waals surface area contributed by atoms with Gasteiger partial charge in [-0.15, -0.1) is 0 Å². The van der Waals surface area contributed by atoms with Gasteiger partial charge in [0.2, 0.25) is 11.6 Å². The summed E-state index contributed by atoms with van der Waals surface area (Å²) in [6, 6.07) is 7.85. The quantitative estimate of drug-likeness (QED) is 0.786. The summed E-state index contributed by atoms with van der Waals surface area (Å²) in [6.07, 6.45) is 4.20. The molecule has 0 atom stereocenters. The van der Waals surface area contributed by atoms with Crippen LogP contribution in [0.4, 0.5) is 0 Å². The Morgan fingerprint density at radius 1 is 1.10 bits per heavy atom. The Balaban J connectivity index is 1.97. The lowest BCUT2D eigenvalue weighted by atomic mass is 10.0. The molecule has 0 radical (unpaired) electrons. The van der Waals surface area contributed by atoms with Gasteiger partial charge in [0.15, 0.2) is 0 Å². The first kappa shape index (κ1) is 13.4. The van der Waals surface area contributed by atoms with Crippen LogP contribution in [0.3, 0.4) is 0 Å². The lowest BCUT2D eigenvalue weighted by Gasteiger charge is -2.03. The van der Waals surface area contributed by atoms with E-state index in [9.17, 15) is 0 Å². The van der Waals surface area contributed by atoms with Crippen molar-refractivity contribution in [2.45, 2.75) is 13.3 Å². The van der Waals surface area contributed by atoms with Crippen molar-refractivity contribution in [3.05, 3.63) is 47.8 Å². The summed E-state index contributed by atoms with van der Waals surface area (Å²) in [5.74, 6) is 1.29. The van der Waals surface area contributed by atoms with E-state index in [1.165, 1.54) is 0 Å². The van der Waals surface area contributed by atoms with Gasteiger partial charge in [0.05, 0.1) is 0 Å². The molecule has 2 N–H and O–H groups in total. The highest BCUT2D eigenvalue weighted by molar-refractivity contribution is 5.60. The molecule has 0 unspecified atom stereocenters. The predicted molar refractivity (Wildman–Crippen MR) is 78.3 cm³/mol. The highest BCUT2D eigenvalue weighted by atomic mass is 16.5. The Morgan fingerprint density at radius 2 is 1.86 bits per heavy atom. The second-order valence-electron chi connectivity index (χ2n) is 4.70. The van der Waals surface area contributed by atoms with Gasteiger partial charge in [0.25, 0.3) is 5.89 Å². The van der Waals surface area contributed by atoms with Gasteiger partial charge in [-0.05, 0) is 37.1 Å². The minimum absolute atomic E-state index is 0.382. The number of rotatable bonds is 4. The zero-order valence-corrected chi connectivity index (χ0v) is 11.7. The molecule has 6 nitrogen and oxygen atoms in total. The largest absolute Gasteiger partial charge is 0.333 e. The summed E-state index contributed by atoms with van der Waals surface area (Å²) in [5.41, 5.74) is 8.59. The van der Waals surface area contributed by atoms with E-state index in [1.807, 2.05) is 31.2 Å². The molecule has 3 aromatic rings. The topological polar surface area (TPSA) is 90.7 Å². The molecule has 21 heavy (non-hydrogen) atoms. The van der Waals surface area contributed by atoms with Crippen LogP contribution in [0.5, 0.6) is 0 Å². The van der Waals surface area contributed by atoms with Gasteiger partial charge >= 0.3 is 0 Å². The third kappa shape index (κ3) is 2.80. The van der Waals surface area contributed by atoms with E-state index >= 15 is 0 Å². The van der Waals surface area contributed by atoms with Crippen molar-refractivity contribution < 1.29 is 4.52 Å². The molecule has 0 aliphatic carbocycles. The summed E-state index contributed by atoms with van der Waals surface area (Å²) in [7, 11) is 0. The average Bonchev–Trinajstić information content (AvgIpc) is 2.99. The number of aromatic nitrogens is 4. The fourth-order valence-corrected chi connectivity index (χ4v) is 2.03. The summed E-state index contributed by atoms with van der Waals surface area (Å²) in [5, 5.41) is 3.95. The standard InChI is InChI=1S/C15H15N5O/c1-10-8-17-13(18-9-10)14-19-15(21-20-14)12-5-3-2-4-11(12)6-7-16/h2-5,8-9H,6-7,16H2,1H3. The van der Waals surface area contributed by atoms with E-state index in [2.05, 4.69) is 20.1 Å². The van der Waals surface area contributed by atoms with Crippen LogP contribution in [0, 0.1) is 6.92 Å². The summed E-state index contributed by atoms with van der Waals surface area (Å²) in [6.45, 7) is 2.49. The van der Waals surface area contributed by atoms with E-state index in [1.54, 1.807) is 12.4 Å². The maximum absolute atomic E-state index is 5.63. The van der Waals surface area contributed by atoms with Crippen LogP contribution < -0.4 is 5.73 Å². The number of aryl methyl sites for hydroxylation is 1. The van der Waals surface area contributed by atoms with Crippen LogP contribution in [-0.2, 0) is 6.42 Å². The summed E-state index contributed by atoms with van der Waals surface area (Å²) >= 11 is 0. The van der Waals surface area contributed by atoms with Crippen molar-refractivity contribution >= 4 is 0 Å². The van der Waals surface area contributed by atoms with Gasteiger partial charge in [-0.25, -0.2) is 9.97 Å². The molecule has 6 heteroatoms. The molecular formula is C15H15N5O. The smallest absolute Gasteiger partial charge is 0.258 e. The molecule has 1 aromatic carbocycles. The van der Waals surface area contributed by atoms with Crippen molar-refractivity contribution in [1.29, 1.82) is 0 Å². The lowest BCUT2D eigenvalue weighted by Crippen LogP contribution is -2.03.